The Labute approximate surface area is 121 Å². The molecule has 2 atom stereocenters. The number of aromatic carboxylic acids is 1. The van der Waals surface area contributed by atoms with Gasteiger partial charge in [-0.3, -0.25) is 0 Å². The molecule has 1 aliphatic rings. The maximum absolute atomic E-state index is 10.1. The lowest BCUT2D eigenvalue weighted by Crippen LogP contribution is -2.95. The third-order valence-electron chi connectivity index (χ3n) is 2.82. The van der Waals surface area contributed by atoms with Crippen molar-refractivity contribution in [2.45, 2.75) is 45.2 Å². The van der Waals surface area contributed by atoms with Crippen LogP contribution < -0.4 is 10.4 Å². The van der Waals surface area contributed by atoms with E-state index in [2.05, 4.69) is 19.2 Å². The van der Waals surface area contributed by atoms with Crippen molar-refractivity contribution in [1.82, 2.24) is 0 Å². The molecule has 3 nitrogen and oxygen atoms in total. The third kappa shape index (κ3) is 5.14. The fraction of sp³-hybridized carbons (Fsp3) is 0.583. The normalized spacial score (nSPS) is 23.1. The van der Waals surface area contributed by atoms with E-state index in [1.165, 1.54) is 25.3 Å². The largest absolute Gasteiger partial charge is 0.544 e. The van der Waals surface area contributed by atoms with E-state index in [-0.39, 0.29) is 14.2 Å². The number of piperidine rings is 1. The molecule has 0 spiro atoms. The van der Waals surface area contributed by atoms with Gasteiger partial charge in [0.2, 0.25) is 0 Å². The molecule has 2 rings (SSSR count). The second kappa shape index (κ2) is 7.34. The molecular weight excluding hydrogens is 293 g/mol. The number of carbonyl (C=O) groups is 1. The Balaban J connectivity index is 0.000000184. The van der Waals surface area contributed by atoms with E-state index in [1.807, 2.05) is 0 Å². The molecule has 1 fully saturated rings. The number of carboxylic acid groups (broad SMARTS) is 1. The van der Waals surface area contributed by atoms with Crippen LogP contribution in [-0.2, 0) is 0 Å². The van der Waals surface area contributed by atoms with E-state index >= 15 is 0 Å². The molecule has 102 valence electrons. The van der Waals surface area contributed by atoms with E-state index < -0.39 is 5.97 Å². The van der Waals surface area contributed by atoms with Crippen LogP contribution in [0.15, 0.2) is 6.07 Å². The van der Waals surface area contributed by atoms with Gasteiger partial charge in [0.05, 0.1) is 28.0 Å². The van der Waals surface area contributed by atoms with E-state index in [0.717, 1.165) is 23.4 Å². The smallest absolute Gasteiger partial charge is 0.112 e. The van der Waals surface area contributed by atoms with Gasteiger partial charge in [0.1, 0.15) is 4.34 Å². The first-order valence-electron chi connectivity index (χ1n) is 5.91. The average molecular weight is 310 g/mol. The van der Waals surface area contributed by atoms with Gasteiger partial charge in [0, 0.05) is 0 Å². The number of hydrogen-bond donors (Lipinski definition) is 1. The summed E-state index contributed by atoms with van der Waals surface area (Å²) in [6, 6.07) is 3.04. The Morgan fingerprint density at radius 2 is 1.94 bits per heavy atom. The van der Waals surface area contributed by atoms with Crippen LogP contribution in [0.25, 0.3) is 0 Å². The van der Waals surface area contributed by atoms with Crippen LogP contribution in [-0.4, -0.2) is 18.1 Å². The number of rotatable bonds is 1. The van der Waals surface area contributed by atoms with Crippen molar-refractivity contribution in [3.63, 3.8) is 0 Å². The van der Waals surface area contributed by atoms with Gasteiger partial charge in [-0.2, -0.15) is 0 Å². The van der Waals surface area contributed by atoms with Gasteiger partial charge in [-0.25, -0.2) is 0 Å². The fourth-order valence-electron chi connectivity index (χ4n) is 1.96. The Hall–Kier alpha value is -0.290. The summed E-state index contributed by atoms with van der Waals surface area (Å²) in [5.74, 6) is -1.25. The number of thiophene rings is 1. The molecule has 0 aliphatic carbocycles. The maximum atomic E-state index is 10.1. The zero-order valence-corrected chi connectivity index (χ0v) is 12.7. The SMILES string of the molecule is CC1CCCC(C)[NH2+]1.O=C([O-])c1cc(Cl)c(Cl)s1. The first-order chi connectivity index (χ1) is 8.40. The van der Waals surface area contributed by atoms with Crippen molar-refractivity contribution in [3.8, 4) is 0 Å². The molecule has 1 aliphatic heterocycles. The summed E-state index contributed by atoms with van der Waals surface area (Å²) in [6.45, 7) is 4.63. The van der Waals surface area contributed by atoms with Gasteiger partial charge in [-0.1, -0.05) is 23.2 Å². The lowest BCUT2D eigenvalue weighted by atomic mass is 10.0. The van der Waals surface area contributed by atoms with E-state index in [1.54, 1.807) is 0 Å². The van der Waals surface area contributed by atoms with Gasteiger partial charge in [0.25, 0.3) is 0 Å². The summed E-state index contributed by atoms with van der Waals surface area (Å²) in [5.41, 5.74) is 0. The molecule has 0 saturated carbocycles. The summed E-state index contributed by atoms with van der Waals surface area (Å²) in [6.07, 6.45) is 4.29. The van der Waals surface area contributed by atoms with Crippen molar-refractivity contribution in [2.24, 2.45) is 0 Å². The van der Waals surface area contributed by atoms with Crippen molar-refractivity contribution in [2.75, 3.05) is 0 Å². The molecule has 1 saturated heterocycles. The van der Waals surface area contributed by atoms with E-state index in [0.29, 0.717) is 0 Å². The Bertz CT molecular complexity index is 381. The van der Waals surface area contributed by atoms with Crippen LogP contribution in [0.1, 0.15) is 42.8 Å². The first kappa shape index (κ1) is 15.8. The fourth-order valence-corrected chi connectivity index (χ4v) is 3.17. The lowest BCUT2D eigenvalue weighted by molar-refractivity contribution is -0.723. The molecule has 6 heteroatoms. The summed E-state index contributed by atoms with van der Waals surface area (Å²) >= 11 is 11.8. The van der Waals surface area contributed by atoms with E-state index in [4.69, 9.17) is 23.2 Å². The molecule has 18 heavy (non-hydrogen) atoms. The Morgan fingerprint density at radius 3 is 2.17 bits per heavy atom. The summed E-state index contributed by atoms with van der Waals surface area (Å²) < 4.78 is 0.279. The predicted octanol–water partition coefficient (Wildman–Crippen LogP) is 1.93. The predicted molar refractivity (Wildman–Crippen MR) is 73.4 cm³/mol. The molecule has 0 aromatic carbocycles. The van der Waals surface area contributed by atoms with Crippen LogP contribution in [0.4, 0.5) is 0 Å². The number of halogens is 2. The standard InChI is InChI=1S/C7H15N.C5H2Cl2O2S/c1-6-4-3-5-7(2)8-6;6-2-1-3(5(8)9)10-4(2)7/h6-8H,3-5H2,1-2H3;1H,(H,8,9). The van der Waals surface area contributed by atoms with Crippen LogP contribution in [0.2, 0.25) is 9.36 Å². The van der Waals surface area contributed by atoms with Crippen LogP contribution in [0, 0.1) is 0 Å². The number of nitrogens with two attached hydrogens (primary N) is 1. The Kier molecular flexibility index (Phi) is 6.43. The van der Waals surface area contributed by atoms with E-state index in [9.17, 15) is 9.90 Å². The molecule has 2 heterocycles. The summed E-state index contributed by atoms with van der Waals surface area (Å²) in [5, 5.41) is 12.9. The molecule has 2 N–H and O–H groups in total. The number of hydrogen-bond acceptors (Lipinski definition) is 3. The molecule has 2 unspecified atom stereocenters. The van der Waals surface area contributed by atoms with Crippen molar-refractivity contribution >= 4 is 40.5 Å². The van der Waals surface area contributed by atoms with Gasteiger partial charge >= 0.3 is 0 Å². The molecule has 0 radical (unpaired) electrons. The highest BCUT2D eigenvalue weighted by Crippen LogP contribution is 2.30. The van der Waals surface area contributed by atoms with Crippen molar-refractivity contribution in [3.05, 3.63) is 20.3 Å². The number of quaternary nitrogens is 1. The first-order valence-corrected chi connectivity index (χ1v) is 7.48. The average Bonchev–Trinajstić information content (AvgIpc) is 2.60. The molecule has 1 aromatic heterocycles. The number of carbonyl (C=O) groups excluding carboxylic acids is 1. The lowest BCUT2D eigenvalue weighted by Gasteiger charge is -2.21. The zero-order valence-electron chi connectivity index (χ0n) is 10.4. The van der Waals surface area contributed by atoms with Gasteiger partial charge in [0.15, 0.2) is 0 Å². The minimum Gasteiger partial charge on any atom is -0.544 e. The summed E-state index contributed by atoms with van der Waals surface area (Å²) in [7, 11) is 0. The van der Waals surface area contributed by atoms with Gasteiger partial charge in [-0.15, -0.1) is 11.3 Å². The van der Waals surface area contributed by atoms with Crippen LogP contribution in [0.5, 0.6) is 0 Å². The molecule has 1 aromatic rings. The highest BCUT2D eigenvalue weighted by molar-refractivity contribution is 7.18. The minimum atomic E-state index is -1.25. The highest BCUT2D eigenvalue weighted by atomic mass is 35.5. The quantitative estimate of drug-likeness (QED) is 0.862. The second-order valence-electron chi connectivity index (χ2n) is 4.60. The van der Waals surface area contributed by atoms with Gasteiger partial charge in [-0.05, 0) is 39.2 Å². The van der Waals surface area contributed by atoms with Crippen molar-refractivity contribution < 1.29 is 15.2 Å². The van der Waals surface area contributed by atoms with Gasteiger partial charge < -0.3 is 15.2 Å². The zero-order chi connectivity index (χ0) is 13.7. The molecular formula is C12H17Cl2NO2S. The topological polar surface area (TPSA) is 56.7 Å². The van der Waals surface area contributed by atoms with Crippen LogP contribution in [0.3, 0.4) is 0 Å². The monoisotopic (exact) mass is 309 g/mol. The summed E-state index contributed by atoms with van der Waals surface area (Å²) in [4.78, 5) is 10.2. The number of carboxylic acids is 1. The minimum absolute atomic E-state index is 0.0509. The Morgan fingerprint density at radius 1 is 1.39 bits per heavy atom. The third-order valence-corrected chi connectivity index (χ3v) is 4.67. The maximum Gasteiger partial charge on any atom is 0.112 e. The molecule has 0 amide bonds. The van der Waals surface area contributed by atoms with Crippen molar-refractivity contribution in [1.29, 1.82) is 0 Å². The second-order valence-corrected chi connectivity index (χ2v) is 6.66. The van der Waals surface area contributed by atoms with Crippen LogP contribution >= 0.6 is 34.5 Å². The highest BCUT2D eigenvalue weighted by Gasteiger charge is 2.16. The molecule has 0 bridgehead atoms.